The van der Waals surface area contributed by atoms with Gasteiger partial charge >= 0.3 is 0 Å². The molecule has 0 aromatic carbocycles. The van der Waals surface area contributed by atoms with Crippen LogP contribution in [0.3, 0.4) is 0 Å². The van der Waals surface area contributed by atoms with Gasteiger partial charge in [-0.2, -0.15) is 0 Å². The Morgan fingerprint density at radius 2 is 2.44 bits per heavy atom. The zero-order chi connectivity index (χ0) is 6.85. The van der Waals surface area contributed by atoms with Crippen LogP contribution in [0.25, 0.3) is 0 Å². The van der Waals surface area contributed by atoms with E-state index in [0.717, 1.165) is 12.3 Å². The molecule has 1 atom stereocenters. The van der Waals surface area contributed by atoms with E-state index in [2.05, 4.69) is 18.9 Å². The van der Waals surface area contributed by atoms with Crippen LogP contribution in [-0.2, 0) is 4.74 Å². The Morgan fingerprint density at radius 3 is 2.89 bits per heavy atom. The Kier molecular flexibility index (Phi) is 1.65. The van der Waals surface area contributed by atoms with Gasteiger partial charge in [0.15, 0.2) is 0 Å². The molecule has 1 rings (SSSR count). The van der Waals surface area contributed by atoms with E-state index in [0.29, 0.717) is 6.10 Å². The summed E-state index contributed by atoms with van der Waals surface area (Å²) in [7, 11) is 2.06. The number of hydrogen-bond acceptors (Lipinski definition) is 2. The van der Waals surface area contributed by atoms with Gasteiger partial charge in [-0.25, -0.2) is 0 Å². The van der Waals surface area contributed by atoms with Gasteiger partial charge < -0.3 is 9.64 Å². The predicted octanol–water partition coefficient (Wildman–Crippen LogP) is 1.20. The first-order chi connectivity index (χ1) is 4.18. The Labute approximate surface area is 56.1 Å². The molecule has 52 valence electrons. The zero-order valence-corrected chi connectivity index (χ0v) is 6.22. The van der Waals surface area contributed by atoms with Crippen molar-refractivity contribution in [3.05, 3.63) is 12.0 Å². The third-order valence-electron chi connectivity index (χ3n) is 1.33. The smallest absolute Gasteiger partial charge is 0.113 e. The first-order valence-corrected chi connectivity index (χ1v) is 3.24. The Bertz CT molecular complexity index is 131. The molecule has 0 radical (unpaired) electrons. The standard InChI is InChI=1S/C7H13NO/c1-6-4-8(3)5-7(2)9-6/h4,7H,5H2,1-3H3. The second-order valence-electron chi connectivity index (χ2n) is 2.61. The van der Waals surface area contributed by atoms with Crippen molar-refractivity contribution in [3.63, 3.8) is 0 Å². The highest BCUT2D eigenvalue weighted by molar-refractivity contribution is 4.92. The summed E-state index contributed by atoms with van der Waals surface area (Å²) < 4.78 is 5.38. The second-order valence-corrected chi connectivity index (χ2v) is 2.61. The summed E-state index contributed by atoms with van der Waals surface area (Å²) in [6, 6.07) is 0. The van der Waals surface area contributed by atoms with Crippen molar-refractivity contribution in [1.29, 1.82) is 0 Å². The molecule has 0 amide bonds. The lowest BCUT2D eigenvalue weighted by molar-refractivity contribution is 0.0825. The SMILES string of the molecule is CC1=CN(C)CC(C)O1. The van der Waals surface area contributed by atoms with Crippen molar-refractivity contribution in [2.45, 2.75) is 20.0 Å². The van der Waals surface area contributed by atoms with Crippen LogP contribution in [0.15, 0.2) is 12.0 Å². The number of rotatable bonds is 0. The van der Waals surface area contributed by atoms with Crippen LogP contribution in [0.4, 0.5) is 0 Å². The summed E-state index contributed by atoms with van der Waals surface area (Å²) in [5, 5.41) is 0. The second kappa shape index (κ2) is 2.29. The van der Waals surface area contributed by atoms with Crippen LogP contribution in [-0.4, -0.2) is 24.6 Å². The molecule has 0 bridgehead atoms. The van der Waals surface area contributed by atoms with Gasteiger partial charge in [-0.15, -0.1) is 0 Å². The number of ether oxygens (including phenoxy) is 1. The summed E-state index contributed by atoms with van der Waals surface area (Å²) in [5.74, 6) is 1.01. The molecule has 1 aliphatic rings. The van der Waals surface area contributed by atoms with Gasteiger partial charge in [0.25, 0.3) is 0 Å². The summed E-state index contributed by atoms with van der Waals surface area (Å²) in [5.41, 5.74) is 0. The molecule has 1 heterocycles. The molecule has 2 nitrogen and oxygen atoms in total. The normalized spacial score (nSPS) is 27.2. The fourth-order valence-electron chi connectivity index (χ4n) is 1.15. The molecule has 0 aromatic heterocycles. The Hall–Kier alpha value is -0.660. The van der Waals surface area contributed by atoms with Gasteiger partial charge in [-0.1, -0.05) is 0 Å². The molecular formula is C7H13NO. The largest absolute Gasteiger partial charge is 0.492 e. The van der Waals surface area contributed by atoms with Crippen molar-refractivity contribution >= 4 is 0 Å². The van der Waals surface area contributed by atoms with E-state index in [1.54, 1.807) is 0 Å². The first-order valence-electron chi connectivity index (χ1n) is 3.24. The van der Waals surface area contributed by atoms with E-state index in [-0.39, 0.29) is 0 Å². The number of likely N-dealkylation sites (N-methyl/N-ethyl adjacent to an activating group) is 1. The lowest BCUT2D eigenvalue weighted by Gasteiger charge is -2.27. The van der Waals surface area contributed by atoms with Gasteiger partial charge in [0.2, 0.25) is 0 Å². The summed E-state index contributed by atoms with van der Waals surface area (Å²) in [6.07, 6.45) is 2.36. The summed E-state index contributed by atoms with van der Waals surface area (Å²) >= 11 is 0. The van der Waals surface area contributed by atoms with Crippen molar-refractivity contribution in [3.8, 4) is 0 Å². The molecule has 0 saturated heterocycles. The maximum Gasteiger partial charge on any atom is 0.113 e. The van der Waals surface area contributed by atoms with Crippen LogP contribution in [0.1, 0.15) is 13.8 Å². The predicted molar refractivity (Wildman–Crippen MR) is 36.9 cm³/mol. The third-order valence-corrected chi connectivity index (χ3v) is 1.33. The number of allylic oxidation sites excluding steroid dienone is 1. The van der Waals surface area contributed by atoms with Crippen LogP contribution in [0.2, 0.25) is 0 Å². The molecule has 9 heavy (non-hydrogen) atoms. The third kappa shape index (κ3) is 1.63. The molecule has 0 spiro atoms. The van der Waals surface area contributed by atoms with Gasteiger partial charge in [0.05, 0.1) is 6.54 Å². The van der Waals surface area contributed by atoms with Crippen molar-refractivity contribution in [2.75, 3.05) is 13.6 Å². The van der Waals surface area contributed by atoms with Crippen LogP contribution < -0.4 is 0 Å². The van der Waals surface area contributed by atoms with E-state index in [9.17, 15) is 0 Å². The maximum absolute atomic E-state index is 5.38. The first kappa shape index (κ1) is 6.46. The van der Waals surface area contributed by atoms with Gasteiger partial charge in [0, 0.05) is 13.2 Å². The quantitative estimate of drug-likeness (QED) is 0.484. The van der Waals surface area contributed by atoms with Gasteiger partial charge in [-0.3, -0.25) is 0 Å². The average molecular weight is 127 g/mol. The molecule has 1 aliphatic heterocycles. The molecule has 0 saturated carbocycles. The van der Waals surface area contributed by atoms with Crippen LogP contribution in [0, 0.1) is 0 Å². The van der Waals surface area contributed by atoms with Crippen molar-refractivity contribution in [2.24, 2.45) is 0 Å². The van der Waals surface area contributed by atoms with Crippen molar-refractivity contribution in [1.82, 2.24) is 4.90 Å². The Balaban J connectivity index is 2.56. The topological polar surface area (TPSA) is 12.5 Å². The van der Waals surface area contributed by atoms with Crippen molar-refractivity contribution < 1.29 is 4.74 Å². The molecule has 0 aliphatic carbocycles. The molecule has 0 fully saturated rings. The Morgan fingerprint density at radius 1 is 1.78 bits per heavy atom. The number of hydrogen-bond donors (Lipinski definition) is 0. The minimum absolute atomic E-state index is 0.347. The molecule has 0 N–H and O–H groups in total. The highest BCUT2D eigenvalue weighted by Crippen LogP contribution is 2.09. The van der Waals surface area contributed by atoms with Crippen LogP contribution >= 0.6 is 0 Å². The van der Waals surface area contributed by atoms with E-state index < -0.39 is 0 Å². The minimum atomic E-state index is 0.347. The maximum atomic E-state index is 5.38. The monoisotopic (exact) mass is 127 g/mol. The van der Waals surface area contributed by atoms with E-state index >= 15 is 0 Å². The fraction of sp³-hybridized carbons (Fsp3) is 0.714. The van der Waals surface area contributed by atoms with E-state index in [1.165, 1.54) is 0 Å². The lowest BCUT2D eigenvalue weighted by atomic mass is 10.3. The molecule has 1 unspecified atom stereocenters. The van der Waals surface area contributed by atoms with E-state index in [1.807, 2.05) is 13.1 Å². The van der Waals surface area contributed by atoms with Gasteiger partial charge in [0.1, 0.15) is 11.9 Å². The minimum Gasteiger partial charge on any atom is -0.492 e. The zero-order valence-electron chi connectivity index (χ0n) is 6.22. The fourth-order valence-corrected chi connectivity index (χ4v) is 1.15. The summed E-state index contributed by atoms with van der Waals surface area (Å²) in [6.45, 7) is 5.05. The highest BCUT2D eigenvalue weighted by Gasteiger charge is 2.10. The molecule has 0 aromatic rings. The number of nitrogens with zero attached hydrogens (tertiary/aromatic N) is 1. The average Bonchev–Trinajstić information content (AvgIpc) is 1.59. The molecular weight excluding hydrogens is 114 g/mol. The van der Waals surface area contributed by atoms with E-state index in [4.69, 9.17) is 4.74 Å². The molecule has 2 heteroatoms. The lowest BCUT2D eigenvalue weighted by Crippen LogP contribution is -2.29. The highest BCUT2D eigenvalue weighted by atomic mass is 16.5. The summed E-state index contributed by atoms with van der Waals surface area (Å²) in [4.78, 5) is 2.14. The van der Waals surface area contributed by atoms with Crippen LogP contribution in [0.5, 0.6) is 0 Å². The van der Waals surface area contributed by atoms with Gasteiger partial charge in [-0.05, 0) is 13.8 Å².